The Morgan fingerprint density at radius 3 is 2.36 bits per heavy atom. The summed E-state index contributed by atoms with van der Waals surface area (Å²) in [6, 6.07) is 0. The fourth-order valence-corrected chi connectivity index (χ4v) is 8.12. The third kappa shape index (κ3) is 3.01. The van der Waals surface area contributed by atoms with Crippen LogP contribution in [0.5, 0.6) is 0 Å². The monoisotopic (exact) mass is 346 g/mol. The molecular weight excluding hydrogens is 308 g/mol. The molecule has 0 amide bonds. The summed E-state index contributed by atoms with van der Waals surface area (Å²) in [6.45, 7) is 6.38. The van der Waals surface area contributed by atoms with Gasteiger partial charge in [0.15, 0.2) is 0 Å². The van der Waals surface area contributed by atoms with Gasteiger partial charge in [0.05, 0.1) is 5.60 Å². The molecule has 0 heterocycles. The standard InChI is InChI=1S/C23H38O2/c1-15(24)20-6-4-5-7-21-19-9-8-16-14-22(2,25)12-10-17(16)18(19)11-13-23(20,21)3/h16-21,25H,4-14H2,1-3H3/t16-,17+,18-,19-,20-,21+,22-,23-/m1/s1. The molecule has 1 N–H and O–H groups in total. The van der Waals surface area contributed by atoms with E-state index in [0.29, 0.717) is 11.7 Å². The second kappa shape index (κ2) is 6.36. The summed E-state index contributed by atoms with van der Waals surface area (Å²) in [4.78, 5) is 12.4. The van der Waals surface area contributed by atoms with Crippen LogP contribution >= 0.6 is 0 Å². The summed E-state index contributed by atoms with van der Waals surface area (Å²) >= 11 is 0. The Morgan fingerprint density at radius 1 is 0.880 bits per heavy atom. The first-order valence-electron chi connectivity index (χ1n) is 11.0. The summed E-state index contributed by atoms with van der Waals surface area (Å²) in [6.07, 6.45) is 13.6. The maximum absolute atomic E-state index is 12.4. The Morgan fingerprint density at radius 2 is 1.60 bits per heavy atom. The summed E-state index contributed by atoms with van der Waals surface area (Å²) in [5.41, 5.74) is -0.157. The van der Waals surface area contributed by atoms with Crippen molar-refractivity contribution in [2.75, 3.05) is 0 Å². The second-order valence-corrected chi connectivity index (χ2v) is 10.7. The van der Waals surface area contributed by atoms with Gasteiger partial charge in [0, 0.05) is 5.92 Å². The van der Waals surface area contributed by atoms with Gasteiger partial charge in [0.25, 0.3) is 0 Å². The molecule has 8 atom stereocenters. The minimum atomic E-state index is -0.417. The molecule has 2 heteroatoms. The molecule has 4 aliphatic rings. The molecule has 0 radical (unpaired) electrons. The predicted molar refractivity (Wildman–Crippen MR) is 101 cm³/mol. The van der Waals surface area contributed by atoms with Crippen LogP contribution in [0.1, 0.15) is 91.4 Å². The Kier molecular flexibility index (Phi) is 4.58. The van der Waals surface area contributed by atoms with Crippen molar-refractivity contribution in [1.29, 1.82) is 0 Å². The van der Waals surface area contributed by atoms with Crippen LogP contribution in [0.15, 0.2) is 0 Å². The SMILES string of the molecule is CC(=O)[C@H]1CCCC[C@H]2[C@@H]3CC[C@@H]4C[C@](C)(O)CC[C@@H]4[C@H]3CC[C@]12C. The van der Waals surface area contributed by atoms with Crippen LogP contribution in [-0.2, 0) is 4.79 Å². The van der Waals surface area contributed by atoms with Crippen molar-refractivity contribution >= 4 is 5.78 Å². The predicted octanol–water partition coefficient (Wildman–Crippen LogP) is 5.38. The van der Waals surface area contributed by atoms with Gasteiger partial charge < -0.3 is 5.11 Å². The van der Waals surface area contributed by atoms with Gasteiger partial charge in [-0.3, -0.25) is 4.79 Å². The molecule has 0 aromatic heterocycles. The molecule has 0 saturated heterocycles. The number of Topliss-reactive ketones (excluding diaryl/α,β-unsaturated/α-hetero) is 1. The van der Waals surface area contributed by atoms with Gasteiger partial charge in [0.2, 0.25) is 0 Å². The van der Waals surface area contributed by atoms with E-state index in [1.807, 2.05) is 6.92 Å². The average molecular weight is 347 g/mol. The first kappa shape index (κ1) is 18.0. The lowest BCUT2D eigenvalue weighted by Crippen LogP contribution is -2.52. The number of hydrogen-bond acceptors (Lipinski definition) is 2. The van der Waals surface area contributed by atoms with Crippen molar-refractivity contribution in [3.63, 3.8) is 0 Å². The van der Waals surface area contributed by atoms with Gasteiger partial charge >= 0.3 is 0 Å². The summed E-state index contributed by atoms with van der Waals surface area (Å²) in [7, 11) is 0. The highest BCUT2D eigenvalue weighted by molar-refractivity contribution is 5.79. The molecule has 0 aliphatic heterocycles. The minimum Gasteiger partial charge on any atom is -0.390 e. The van der Waals surface area contributed by atoms with Gasteiger partial charge in [-0.2, -0.15) is 0 Å². The van der Waals surface area contributed by atoms with Gasteiger partial charge in [-0.05, 0) is 107 Å². The van der Waals surface area contributed by atoms with E-state index in [1.165, 1.54) is 51.4 Å². The highest BCUT2D eigenvalue weighted by Gasteiger charge is 2.56. The van der Waals surface area contributed by atoms with Crippen LogP contribution in [0.25, 0.3) is 0 Å². The highest BCUT2D eigenvalue weighted by atomic mass is 16.3. The Balaban J connectivity index is 1.59. The summed E-state index contributed by atoms with van der Waals surface area (Å²) < 4.78 is 0. The fourth-order valence-electron chi connectivity index (χ4n) is 8.12. The molecule has 4 rings (SSSR count). The molecule has 0 aromatic carbocycles. The van der Waals surface area contributed by atoms with E-state index in [2.05, 4.69) is 13.8 Å². The molecule has 0 bridgehead atoms. The summed E-state index contributed by atoms with van der Waals surface area (Å²) in [5.74, 6) is 4.86. The lowest BCUT2D eigenvalue weighted by atomic mass is 9.46. The number of carbonyl (C=O) groups is 1. The number of carbonyl (C=O) groups excluding carboxylic acids is 1. The van der Waals surface area contributed by atoms with Gasteiger partial charge in [0.1, 0.15) is 5.78 Å². The second-order valence-electron chi connectivity index (χ2n) is 10.7. The zero-order chi connectivity index (χ0) is 17.8. The smallest absolute Gasteiger partial charge is 0.133 e. The lowest BCUT2D eigenvalue weighted by Gasteiger charge is -2.58. The average Bonchev–Trinajstić information content (AvgIpc) is 2.72. The van der Waals surface area contributed by atoms with Crippen molar-refractivity contribution in [3.8, 4) is 0 Å². The van der Waals surface area contributed by atoms with Crippen LogP contribution in [0, 0.1) is 40.9 Å². The number of ketones is 1. The molecular formula is C23H38O2. The Labute approximate surface area is 154 Å². The number of aliphatic hydroxyl groups is 1. The zero-order valence-electron chi connectivity index (χ0n) is 16.6. The third-order valence-electron chi connectivity index (χ3n) is 9.22. The molecule has 0 unspecified atom stereocenters. The van der Waals surface area contributed by atoms with Crippen molar-refractivity contribution in [2.45, 2.75) is 97.0 Å². The molecule has 0 spiro atoms. The lowest BCUT2D eigenvalue weighted by molar-refractivity contribution is -0.138. The first-order valence-corrected chi connectivity index (χ1v) is 11.0. The zero-order valence-corrected chi connectivity index (χ0v) is 16.6. The van der Waals surface area contributed by atoms with E-state index in [-0.39, 0.29) is 5.41 Å². The van der Waals surface area contributed by atoms with E-state index in [9.17, 15) is 9.90 Å². The van der Waals surface area contributed by atoms with Gasteiger partial charge in [-0.15, -0.1) is 0 Å². The van der Waals surface area contributed by atoms with Crippen molar-refractivity contribution in [2.24, 2.45) is 40.9 Å². The molecule has 2 nitrogen and oxygen atoms in total. The first-order chi connectivity index (χ1) is 11.8. The van der Waals surface area contributed by atoms with E-state index in [4.69, 9.17) is 0 Å². The van der Waals surface area contributed by atoms with Crippen LogP contribution in [0.2, 0.25) is 0 Å². The molecule has 0 aromatic rings. The van der Waals surface area contributed by atoms with E-state index in [1.54, 1.807) is 0 Å². The highest BCUT2D eigenvalue weighted by Crippen LogP contribution is 2.62. The van der Waals surface area contributed by atoms with Crippen LogP contribution in [0.3, 0.4) is 0 Å². The van der Waals surface area contributed by atoms with Crippen LogP contribution in [-0.4, -0.2) is 16.5 Å². The largest absolute Gasteiger partial charge is 0.390 e. The topological polar surface area (TPSA) is 37.3 Å². The number of fused-ring (bicyclic) bond motifs is 5. The van der Waals surface area contributed by atoms with E-state index >= 15 is 0 Å². The Hall–Kier alpha value is -0.370. The molecule has 25 heavy (non-hydrogen) atoms. The molecule has 4 fully saturated rings. The molecule has 142 valence electrons. The molecule has 4 aliphatic carbocycles. The van der Waals surface area contributed by atoms with E-state index < -0.39 is 5.60 Å². The van der Waals surface area contributed by atoms with Crippen molar-refractivity contribution in [1.82, 2.24) is 0 Å². The maximum atomic E-state index is 12.4. The van der Waals surface area contributed by atoms with Gasteiger partial charge in [-0.1, -0.05) is 19.8 Å². The Bertz CT molecular complexity index is 524. The van der Waals surface area contributed by atoms with Crippen LogP contribution < -0.4 is 0 Å². The number of rotatable bonds is 1. The minimum absolute atomic E-state index is 0.260. The number of hydrogen-bond donors (Lipinski definition) is 1. The van der Waals surface area contributed by atoms with Crippen molar-refractivity contribution in [3.05, 3.63) is 0 Å². The summed E-state index contributed by atoms with van der Waals surface area (Å²) in [5, 5.41) is 10.5. The normalized spacial score (nSPS) is 53.1. The van der Waals surface area contributed by atoms with E-state index in [0.717, 1.165) is 48.9 Å². The quantitative estimate of drug-likeness (QED) is 0.692. The van der Waals surface area contributed by atoms with Crippen molar-refractivity contribution < 1.29 is 9.90 Å². The van der Waals surface area contributed by atoms with Gasteiger partial charge in [-0.25, -0.2) is 0 Å². The molecule has 4 saturated carbocycles. The maximum Gasteiger partial charge on any atom is 0.133 e. The van der Waals surface area contributed by atoms with Crippen LogP contribution in [0.4, 0.5) is 0 Å². The third-order valence-corrected chi connectivity index (χ3v) is 9.22. The fraction of sp³-hybridized carbons (Fsp3) is 0.957.